The molecule has 1 N–H and O–H groups in total. The number of rotatable bonds is 1. The lowest BCUT2D eigenvalue weighted by molar-refractivity contribution is -0.596. The predicted octanol–water partition coefficient (Wildman–Crippen LogP) is 3.74. The Morgan fingerprint density at radius 1 is 0.370 bits per heavy atom. The second kappa shape index (κ2) is 3.97. The summed E-state index contributed by atoms with van der Waals surface area (Å²) in [5.41, 5.74) is -37.0. The third-order valence-electron chi connectivity index (χ3n) is 5.64. The number of halogens is 15. The van der Waals surface area contributed by atoms with Gasteiger partial charge in [-0.15, -0.1) is 0 Å². The van der Waals surface area contributed by atoms with Crippen molar-refractivity contribution in [3.8, 4) is 0 Å². The Morgan fingerprint density at radius 2 is 0.556 bits per heavy atom. The molecule has 0 atom stereocenters. The Bertz CT molecular complexity index is 639. The van der Waals surface area contributed by atoms with Gasteiger partial charge in [0, 0.05) is 0 Å². The van der Waals surface area contributed by atoms with Crippen LogP contribution in [0.4, 0.5) is 65.9 Å². The molecular weight excluding hydrogens is 433 g/mol. The van der Waals surface area contributed by atoms with Gasteiger partial charge in [0.2, 0.25) is 5.67 Å². The fraction of sp³-hybridized carbons (Fsp3) is 1.00. The zero-order chi connectivity index (χ0) is 21.7. The Kier molecular flexibility index (Phi) is 3.03. The minimum Gasteiger partial charge on any atom is -0.393 e. The summed E-state index contributed by atoms with van der Waals surface area (Å²) in [4.78, 5) is 0. The number of alkyl halides is 15. The summed E-state index contributed by atoms with van der Waals surface area (Å²) in [5.74, 6) is -38.6. The summed E-state index contributed by atoms with van der Waals surface area (Å²) in [6.07, 6.45) is 0. The van der Waals surface area contributed by atoms with Crippen LogP contribution in [0.15, 0.2) is 0 Å². The molecule has 1 nitrogen and oxygen atoms in total. The van der Waals surface area contributed by atoms with Crippen LogP contribution in [0.2, 0.25) is 0 Å². The fourth-order valence-corrected chi connectivity index (χ4v) is 4.21. The first-order valence-electron chi connectivity index (χ1n) is 6.50. The van der Waals surface area contributed by atoms with E-state index in [9.17, 15) is 65.9 Å². The van der Waals surface area contributed by atoms with E-state index in [4.69, 9.17) is 5.11 Å². The van der Waals surface area contributed by atoms with Crippen molar-refractivity contribution in [3.05, 3.63) is 0 Å². The highest BCUT2D eigenvalue weighted by Crippen LogP contribution is 2.88. The van der Waals surface area contributed by atoms with Gasteiger partial charge in [-0.2, -0.15) is 43.9 Å². The summed E-state index contributed by atoms with van der Waals surface area (Å²) in [7, 11) is 0. The molecule has 0 aromatic rings. The summed E-state index contributed by atoms with van der Waals surface area (Å²) < 4.78 is 211. The van der Waals surface area contributed by atoms with E-state index in [2.05, 4.69) is 0 Å². The van der Waals surface area contributed by atoms with Crippen LogP contribution >= 0.6 is 0 Å². The Morgan fingerprint density at radius 3 is 0.741 bits per heavy atom. The molecule has 4 bridgehead atoms. The first kappa shape index (κ1) is 20.6. The van der Waals surface area contributed by atoms with E-state index >= 15 is 0 Å². The van der Waals surface area contributed by atoms with Crippen molar-refractivity contribution in [3.63, 3.8) is 0 Å². The van der Waals surface area contributed by atoms with Crippen LogP contribution in [0.1, 0.15) is 0 Å². The molecule has 4 aliphatic carbocycles. The first-order valence-corrected chi connectivity index (χ1v) is 6.50. The molecule has 4 rings (SSSR count). The molecule has 16 heteroatoms. The average Bonchev–Trinajstić information content (AvgIpc) is 2.53. The second-order valence-corrected chi connectivity index (χ2v) is 6.47. The second-order valence-electron chi connectivity index (χ2n) is 6.47. The molecule has 27 heavy (non-hydrogen) atoms. The first-order chi connectivity index (χ1) is 11.6. The molecule has 0 aromatic heterocycles. The van der Waals surface area contributed by atoms with Gasteiger partial charge in [0.15, 0.2) is 0 Å². The zero-order valence-electron chi connectivity index (χ0n) is 11.8. The predicted molar refractivity (Wildman–Crippen MR) is 51.0 cm³/mol. The molecule has 4 fully saturated rings. The van der Waals surface area contributed by atoms with E-state index in [-0.39, 0.29) is 0 Å². The van der Waals surface area contributed by atoms with Crippen LogP contribution in [0.5, 0.6) is 0 Å². The van der Waals surface area contributed by atoms with E-state index < -0.39 is 64.6 Å². The van der Waals surface area contributed by atoms with Crippen LogP contribution < -0.4 is 0 Å². The van der Waals surface area contributed by atoms with Crippen LogP contribution in [0.3, 0.4) is 0 Å². The summed E-state index contributed by atoms with van der Waals surface area (Å²) >= 11 is 0. The van der Waals surface area contributed by atoms with Gasteiger partial charge in [0.1, 0.15) is 0 Å². The molecule has 4 aliphatic rings. The van der Waals surface area contributed by atoms with Crippen molar-refractivity contribution in [1.29, 1.82) is 0 Å². The van der Waals surface area contributed by atoms with Crippen LogP contribution in [0.25, 0.3) is 0 Å². The molecule has 0 radical (unpaired) electrons. The lowest BCUT2D eigenvalue weighted by Gasteiger charge is -2.74. The minimum absolute atomic E-state index is 3.66. The maximum absolute atomic E-state index is 14.5. The molecule has 0 amide bonds. The van der Waals surface area contributed by atoms with E-state index in [1.807, 2.05) is 0 Å². The van der Waals surface area contributed by atoms with Crippen LogP contribution in [0, 0.1) is 0 Å². The van der Waals surface area contributed by atoms with Crippen LogP contribution in [-0.4, -0.2) is 69.7 Å². The van der Waals surface area contributed by atoms with Gasteiger partial charge in [-0.1, -0.05) is 0 Å². The average molecular weight is 436 g/mol. The van der Waals surface area contributed by atoms with Gasteiger partial charge in [-0.3, -0.25) is 0 Å². The number of hydrogen-bond donors (Lipinski definition) is 1. The third kappa shape index (κ3) is 1.08. The van der Waals surface area contributed by atoms with E-state index in [1.54, 1.807) is 0 Å². The quantitative estimate of drug-likeness (QED) is 0.622. The zero-order valence-corrected chi connectivity index (χ0v) is 11.8. The van der Waals surface area contributed by atoms with Crippen molar-refractivity contribution in [1.82, 2.24) is 0 Å². The van der Waals surface area contributed by atoms with E-state index in [0.29, 0.717) is 0 Å². The number of aliphatic hydroxyl groups is 1. The monoisotopic (exact) mass is 436 g/mol. The SMILES string of the molecule is OCC1(F)C2(F)C(F)(F)C3(F)C(F)(F)C(F)(C2(F)F)C(F)(F)C1(F)C3(F)F. The van der Waals surface area contributed by atoms with Crippen molar-refractivity contribution < 1.29 is 71.0 Å². The van der Waals surface area contributed by atoms with Crippen molar-refractivity contribution in [2.45, 2.75) is 58.0 Å². The Labute approximate surface area is 137 Å². The molecule has 0 saturated heterocycles. The molecule has 0 aromatic carbocycles. The topological polar surface area (TPSA) is 20.2 Å². The lowest BCUT2D eigenvalue weighted by atomic mass is 9.38. The highest BCUT2D eigenvalue weighted by atomic mass is 19.3. The van der Waals surface area contributed by atoms with Gasteiger partial charge >= 0.3 is 41.0 Å². The standard InChI is InChI=1S/C11H3F15O/c12-2(1-27)3(13)7(17,18)5(15)9(21,22)4(2,14)10(23,24)6(16,8(3,19)20)11(5,25)26/h27H,1H2. The maximum atomic E-state index is 14.5. The molecule has 0 unspecified atom stereocenters. The Balaban J connectivity index is 2.72. The summed E-state index contributed by atoms with van der Waals surface area (Å²) in [6, 6.07) is 0. The van der Waals surface area contributed by atoms with E-state index in [0.717, 1.165) is 0 Å². The highest BCUT2D eigenvalue weighted by molar-refractivity contribution is 5.55. The van der Waals surface area contributed by atoms with Gasteiger partial charge in [0.25, 0.3) is 11.3 Å². The van der Waals surface area contributed by atoms with Gasteiger partial charge in [0.05, 0.1) is 6.61 Å². The third-order valence-corrected chi connectivity index (χ3v) is 5.64. The largest absolute Gasteiger partial charge is 0.393 e. The lowest BCUT2D eigenvalue weighted by Crippen LogP contribution is -3.09. The van der Waals surface area contributed by atoms with Gasteiger partial charge in [-0.05, 0) is 0 Å². The summed E-state index contributed by atoms with van der Waals surface area (Å²) in [5, 5.41) is 8.49. The summed E-state index contributed by atoms with van der Waals surface area (Å²) in [6.45, 7) is -3.66. The highest BCUT2D eigenvalue weighted by Gasteiger charge is 3.22. The smallest absolute Gasteiger partial charge is 0.339 e. The number of aliphatic hydroxyl groups excluding tert-OH is 1. The van der Waals surface area contributed by atoms with Gasteiger partial charge in [-0.25, -0.2) is 22.0 Å². The fourth-order valence-electron chi connectivity index (χ4n) is 4.21. The maximum Gasteiger partial charge on any atom is 0.339 e. The molecule has 0 spiro atoms. The minimum atomic E-state index is -7.83. The molecule has 4 saturated carbocycles. The van der Waals surface area contributed by atoms with Crippen molar-refractivity contribution in [2.24, 2.45) is 0 Å². The molecule has 0 aliphatic heterocycles. The van der Waals surface area contributed by atoms with E-state index in [1.165, 1.54) is 0 Å². The normalized spacial score (nSPS) is 55.6. The number of hydrogen-bond acceptors (Lipinski definition) is 1. The van der Waals surface area contributed by atoms with Crippen LogP contribution in [-0.2, 0) is 0 Å². The van der Waals surface area contributed by atoms with Gasteiger partial charge < -0.3 is 5.11 Å². The Hall–Kier alpha value is -1.09. The molecule has 158 valence electrons. The molecule has 0 heterocycles. The van der Waals surface area contributed by atoms with Crippen molar-refractivity contribution >= 4 is 0 Å². The van der Waals surface area contributed by atoms with Crippen molar-refractivity contribution in [2.75, 3.05) is 6.61 Å². The molecular formula is C11H3F15O.